The summed E-state index contributed by atoms with van der Waals surface area (Å²) in [4.78, 5) is 0. The second-order valence-electron chi connectivity index (χ2n) is 6.82. The van der Waals surface area contributed by atoms with E-state index in [1.54, 1.807) is 0 Å². The molecule has 0 radical (unpaired) electrons. The molecule has 0 aliphatic heterocycles. The Labute approximate surface area is 167 Å². The lowest BCUT2D eigenvalue weighted by atomic mass is 9.98. The molecule has 0 spiro atoms. The number of aliphatic hydroxyl groups is 1. The van der Waals surface area contributed by atoms with Gasteiger partial charge in [0.15, 0.2) is 0 Å². The molecule has 2 nitrogen and oxygen atoms in total. The zero-order chi connectivity index (χ0) is 19.6. The Morgan fingerprint density at radius 1 is 0.786 bits per heavy atom. The summed E-state index contributed by atoms with van der Waals surface area (Å²) in [5, 5.41) is 8.58. The molecule has 0 amide bonds. The van der Waals surface area contributed by atoms with Crippen LogP contribution in [0.4, 0.5) is 0 Å². The molecular formula is C26H26O2. The predicted molar refractivity (Wildman–Crippen MR) is 115 cm³/mol. The van der Waals surface area contributed by atoms with Crippen molar-refractivity contribution in [2.75, 3.05) is 0 Å². The van der Waals surface area contributed by atoms with E-state index < -0.39 is 0 Å². The summed E-state index contributed by atoms with van der Waals surface area (Å²) in [6.07, 6.45) is 6.74. The summed E-state index contributed by atoms with van der Waals surface area (Å²) >= 11 is 0. The molecule has 1 N–H and O–H groups in total. The summed E-state index contributed by atoms with van der Waals surface area (Å²) in [5.41, 5.74) is 5.06. The number of ether oxygens (including phenoxy) is 1. The third-order valence-corrected chi connectivity index (χ3v) is 4.72. The molecule has 3 aromatic rings. The van der Waals surface area contributed by atoms with Gasteiger partial charge in [0.25, 0.3) is 0 Å². The first-order valence-electron chi connectivity index (χ1n) is 9.87. The van der Waals surface area contributed by atoms with E-state index in [0.29, 0.717) is 6.42 Å². The Kier molecular flexibility index (Phi) is 7.15. The van der Waals surface area contributed by atoms with Crippen molar-refractivity contribution in [3.05, 3.63) is 83.9 Å². The van der Waals surface area contributed by atoms with E-state index in [1.165, 1.54) is 22.3 Å². The molecule has 0 saturated heterocycles. The molecule has 142 valence electrons. The van der Waals surface area contributed by atoms with Gasteiger partial charge in [0.05, 0.1) is 0 Å². The summed E-state index contributed by atoms with van der Waals surface area (Å²) in [5.74, 6) is 4.42. The maximum atomic E-state index is 8.58. The third-order valence-electron chi connectivity index (χ3n) is 4.72. The molecule has 0 aromatic heterocycles. The fourth-order valence-corrected chi connectivity index (χ4v) is 3.32. The fraction of sp³-hybridized carbons (Fsp3) is 0.231. The number of aliphatic hydroxyl groups excluding tert-OH is 1. The van der Waals surface area contributed by atoms with Gasteiger partial charge < -0.3 is 9.84 Å². The van der Waals surface area contributed by atoms with Gasteiger partial charge in [0, 0.05) is 6.42 Å². The first kappa shape index (κ1) is 19.6. The van der Waals surface area contributed by atoms with Gasteiger partial charge in [-0.3, -0.25) is 0 Å². The minimum absolute atomic E-state index is 0.716. The van der Waals surface area contributed by atoms with Crippen LogP contribution in [0, 0.1) is 12.0 Å². The van der Waals surface area contributed by atoms with Crippen LogP contribution in [0.3, 0.4) is 0 Å². The normalized spacial score (nSPS) is 10.2. The van der Waals surface area contributed by atoms with Crippen molar-refractivity contribution in [3.63, 3.8) is 0 Å². The predicted octanol–water partition coefficient (Wildman–Crippen LogP) is 6.75. The SMILES string of the molecule is CCCc1cc(Oc2ccc(-c3ccccc3)cc2)ccc1CCCC#CO. The second kappa shape index (κ2) is 10.2. The molecule has 0 heterocycles. The van der Waals surface area contributed by atoms with Crippen LogP contribution in [0.25, 0.3) is 11.1 Å². The van der Waals surface area contributed by atoms with Gasteiger partial charge in [-0.1, -0.05) is 67.8 Å². The summed E-state index contributed by atoms with van der Waals surface area (Å²) < 4.78 is 6.10. The smallest absolute Gasteiger partial charge is 0.127 e. The van der Waals surface area contributed by atoms with Gasteiger partial charge >= 0.3 is 0 Å². The Hall–Kier alpha value is -3.18. The number of hydrogen-bond donors (Lipinski definition) is 1. The van der Waals surface area contributed by atoms with Gasteiger partial charge in [-0.25, -0.2) is 0 Å². The average Bonchev–Trinajstić information content (AvgIpc) is 2.74. The third kappa shape index (κ3) is 5.41. The zero-order valence-electron chi connectivity index (χ0n) is 16.3. The van der Waals surface area contributed by atoms with E-state index >= 15 is 0 Å². The first-order valence-corrected chi connectivity index (χ1v) is 9.87. The average molecular weight is 370 g/mol. The van der Waals surface area contributed by atoms with Gasteiger partial charge in [-0.15, -0.1) is 0 Å². The van der Waals surface area contributed by atoms with Crippen LogP contribution in [-0.4, -0.2) is 5.11 Å². The maximum Gasteiger partial charge on any atom is 0.127 e. The largest absolute Gasteiger partial charge is 0.462 e. The molecule has 3 rings (SSSR count). The minimum atomic E-state index is 0.716. The Morgan fingerprint density at radius 3 is 2.21 bits per heavy atom. The van der Waals surface area contributed by atoms with Crippen molar-refractivity contribution in [2.45, 2.75) is 39.0 Å². The topological polar surface area (TPSA) is 29.5 Å². The molecule has 3 aromatic carbocycles. The van der Waals surface area contributed by atoms with Gasteiger partial charge in [0.2, 0.25) is 0 Å². The molecular weight excluding hydrogens is 344 g/mol. The van der Waals surface area contributed by atoms with Crippen molar-refractivity contribution in [1.82, 2.24) is 0 Å². The number of rotatable bonds is 8. The molecule has 0 bridgehead atoms. The van der Waals surface area contributed by atoms with Crippen molar-refractivity contribution in [3.8, 4) is 34.7 Å². The Morgan fingerprint density at radius 2 is 1.50 bits per heavy atom. The van der Waals surface area contributed by atoms with Crippen LogP contribution in [-0.2, 0) is 12.8 Å². The Bertz CT molecular complexity index is 932. The lowest BCUT2D eigenvalue weighted by Gasteiger charge is -2.12. The van der Waals surface area contributed by atoms with Crippen LogP contribution < -0.4 is 4.74 Å². The van der Waals surface area contributed by atoms with Crippen LogP contribution >= 0.6 is 0 Å². The van der Waals surface area contributed by atoms with Crippen molar-refractivity contribution >= 4 is 0 Å². The summed E-state index contributed by atoms with van der Waals surface area (Å²) in [6.45, 7) is 2.19. The van der Waals surface area contributed by atoms with Crippen molar-refractivity contribution in [1.29, 1.82) is 0 Å². The van der Waals surface area contributed by atoms with E-state index in [2.05, 4.69) is 49.2 Å². The number of benzene rings is 3. The fourth-order valence-electron chi connectivity index (χ4n) is 3.32. The van der Waals surface area contributed by atoms with E-state index in [4.69, 9.17) is 9.84 Å². The van der Waals surface area contributed by atoms with Gasteiger partial charge in [0.1, 0.15) is 17.6 Å². The summed E-state index contributed by atoms with van der Waals surface area (Å²) in [7, 11) is 0. The second-order valence-corrected chi connectivity index (χ2v) is 6.82. The quantitative estimate of drug-likeness (QED) is 0.351. The molecule has 0 unspecified atom stereocenters. The molecule has 0 atom stereocenters. The van der Waals surface area contributed by atoms with E-state index in [1.807, 2.05) is 42.5 Å². The standard InChI is InChI=1S/C26H26O2/c1-2-9-24-20-26(18-15-22(24)12-7-4-8-19-27)28-25-16-13-23(14-17-25)21-10-5-3-6-11-21/h3,5-6,10-11,13-18,20,27H,2,4,7,9,12H2,1H3. The zero-order valence-corrected chi connectivity index (χ0v) is 16.3. The molecule has 28 heavy (non-hydrogen) atoms. The highest BCUT2D eigenvalue weighted by Crippen LogP contribution is 2.28. The lowest BCUT2D eigenvalue weighted by Crippen LogP contribution is -1.96. The van der Waals surface area contributed by atoms with Crippen LogP contribution in [0.1, 0.15) is 37.3 Å². The highest BCUT2D eigenvalue weighted by atomic mass is 16.5. The molecule has 0 fully saturated rings. The maximum absolute atomic E-state index is 8.58. The van der Waals surface area contributed by atoms with Crippen LogP contribution in [0.15, 0.2) is 72.8 Å². The van der Waals surface area contributed by atoms with Gasteiger partial charge in [-0.2, -0.15) is 0 Å². The first-order chi connectivity index (χ1) is 13.8. The number of hydrogen-bond acceptors (Lipinski definition) is 2. The van der Waals surface area contributed by atoms with Crippen molar-refractivity contribution < 1.29 is 9.84 Å². The number of aryl methyl sites for hydroxylation is 2. The summed E-state index contributed by atoms with van der Waals surface area (Å²) in [6, 6.07) is 24.9. The highest BCUT2D eigenvalue weighted by Gasteiger charge is 2.06. The minimum Gasteiger partial charge on any atom is -0.462 e. The molecule has 0 aliphatic rings. The van der Waals surface area contributed by atoms with Crippen molar-refractivity contribution in [2.24, 2.45) is 0 Å². The molecule has 0 saturated carbocycles. The van der Waals surface area contributed by atoms with Gasteiger partial charge in [-0.05, 0) is 65.8 Å². The van der Waals surface area contributed by atoms with E-state index in [-0.39, 0.29) is 0 Å². The monoisotopic (exact) mass is 370 g/mol. The number of unbranched alkanes of at least 4 members (excludes halogenated alkanes) is 1. The van der Waals surface area contributed by atoms with E-state index in [9.17, 15) is 0 Å². The highest BCUT2D eigenvalue weighted by molar-refractivity contribution is 5.64. The lowest BCUT2D eigenvalue weighted by molar-refractivity contribution is 0.481. The Balaban J connectivity index is 1.70. The van der Waals surface area contributed by atoms with E-state index in [0.717, 1.165) is 37.2 Å². The van der Waals surface area contributed by atoms with Crippen LogP contribution in [0.5, 0.6) is 11.5 Å². The van der Waals surface area contributed by atoms with Crippen LogP contribution in [0.2, 0.25) is 0 Å². The molecule has 0 aliphatic carbocycles. The molecule has 2 heteroatoms.